The summed E-state index contributed by atoms with van der Waals surface area (Å²) in [5, 5.41) is 7.15. The molecule has 26 heavy (non-hydrogen) atoms. The van der Waals surface area contributed by atoms with Crippen LogP contribution in [-0.2, 0) is 17.8 Å². The second kappa shape index (κ2) is 8.89. The summed E-state index contributed by atoms with van der Waals surface area (Å²) in [5.74, 6) is -0.719. The van der Waals surface area contributed by atoms with Gasteiger partial charge in [-0.05, 0) is 23.3 Å². The molecule has 0 aliphatic rings. The highest BCUT2D eigenvalue weighted by Gasteiger charge is 2.27. The first kappa shape index (κ1) is 19.3. The molecule has 0 spiro atoms. The summed E-state index contributed by atoms with van der Waals surface area (Å²) in [6.45, 7) is -0.975. The molecule has 138 valence electrons. The number of anilines is 1. The van der Waals surface area contributed by atoms with Crippen LogP contribution in [0, 0.1) is 0 Å². The molecule has 3 N–H and O–H groups in total. The van der Waals surface area contributed by atoms with Crippen LogP contribution in [-0.4, -0.2) is 24.7 Å². The van der Waals surface area contributed by atoms with E-state index in [-0.39, 0.29) is 12.5 Å². The topological polar surface area (TPSA) is 70.2 Å². The molecule has 0 aliphatic carbocycles. The van der Waals surface area contributed by atoms with Crippen molar-refractivity contribution in [3.05, 3.63) is 65.7 Å². The number of alkyl halides is 3. The van der Waals surface area contributed by atoms with Gasteiger partial charge in [0.2, 0.25) is 5.91 Å². The number of hydrogen-bond acceptors (Lipinski definition) is 2. The number of hydrogen-bond donors (Lipinski definition) is 3. The van der Waals surface area contributed by atoms with Crippen molar-refractivity contribution < 1.29 is 22.8 Å². The Hall–Kier alpha value is -3.03. The van der Waals surface area contributed by atoms with E-state index in [1.54, 1.807) is 29.6 Å². The Morgan fingerprint density at radius 3 is 2.12 bits per heavy atom. The first-order valence-electron chi connectivity index (χ1n) is 7.83. The van der Waals surface area contributed by atoms with Gasteiger partial charge < -0.3 is 16.0 Å². The lowest BCUT2D eigenvalue weighted by Crippen LogP contribution is -2.34. The van der Waals surface area contributed by atoms with Gasteiger partial charge in [0, 0.05) is 12.2 Å². The Morgan fingerprint density at radius 2 is 1.50 bits per heavy atom. The van der Waals surface area contributed by atoms with Crippen molar-refractivity contribution >= 4 is 17.6 Å². The van der Waals surface area contributed by atoms with E-state index in [2.05, 4.69) is 10.6 Å². The van der Waals surface area contributed by atoms with Gasteiger partial charge in [-0.15, -0.1) is 0 Å². The van der Waals surface area contributed by atoms with E-state index in [0.29, 0.717) is 17.8 Å². The van der Waals surface area contributed by atoms with Crippen LogP contribution in [0.5, 0.6) is 0 Å². The molecule has 2 rings (SSSR count). The maximum absolute atomic E-state index is 12.0. The second-order valence-corrected chi connectivity index (χ2v) is 5.56. The van der Waals surface area contributed by atoms with Gasteiger partial charge in [-0.2, -0.15) is 13.2 Å². The van der Waals surface area contributed by atoms with Gasteiger partial charge in [0.15, 0.2) is 0 Å². The Labute approximate surface area is 148 Å². The fraction of sp³-hybridized carbons (Fsp3) is 0.222. The Kier molecular flexibility index (Phi) is 6.60. The maximum Gasteiger partial charge on any atom is 0.405 e. The third kappa shape index (κ3) is 7.25. The number of nitrogens with one attached hydrogen (secondary N) is 3. The van der Waals surface area contributed by atoms with Gasteiger partial charge >= 0.3 is 12.2 Å². The molecule has 3 amide bonds. The lowest BCUT2D eigenvalue weighted by Gasteiger charge is -2.10. The summed E-state index contributed by atoms with van der Waals surface area (Å²) in [6, 6.07) is 15.3. The first-order valence-corrected chi connectivity index (χ1v) is 7.83. The predicted octanol–water partition coefficient (Wildman–Crippen LogP) is 3.23. The molecule has 0 bridgehead atoms. The average molecular weight is 365 g/mol. The van der Waals surface area contributed by atoms with Crippen LogP contribution < -0.4 is 16.0 Å². The number of carbonyl (C=O) groups is 2. The molecule has 0 aliphatic heterocycles. The number of amides is 3. The first-order chi connectivity index (χ1) is 12.3. The number of carbonyl (C=O) groups excluding carboxylic acids is 2. The van der Waals surface area contributed by atoms with E-state index < -0.39 is 18.6 Å². The van der Waals surface area contributed by atoms with Crippen LogP contribution in [0.25, 0.3) is 0 Å². The molecule has 2 aromatic rings. The Bertz CT molecular complexity index is 732. The van der Waals surface area contributed by atoms with E-state index in [9.17, 15) is 22.8 Å². The quantitative estimate of drug-likeness (QED) is 0.736. The van der Waals surface area contributed by atoms with E-state index >= 15 is 0 Å². The van der Waals surface area contributed by atoms with Crippen molar-refractivity contribution in [2.24, 2.45) is 0 Å². The van der Waals surface area contributed by atoms with Gasteiger partial charge in [-0.1, -0.05) is 42.5 Å². The van der Waals surface area contributed by atoms with Crippen molar-refractivity contribution in [3.8, 4) is 0 Å². The highest BCUT2D eigenvalue weighted by atomic mass is 19.4. The molecule has 0 saturated heterocycles. The maximum atomic E-state index is 12.0. The van der Waals surface area contributed by atoms with Gasteiger partial charge in [0.25, 0.3) is 0 Å². The zero-order valence-electron chi connectivity index (χ0n) is 13.8. The SMILES string of the molecule is O=C(Cc1ccc(NC(=O)NCc2ccccc2)cc1)NCC(F)(F)F. The minimum absolute atomic E-state index is 0.170. The summed E-state index contributed by atoms with van der Waals surface area (Å²) < 4.78 is 36.1. The Morgan fingerprint density at radius 1 is 0.846 bits per heavy atom. The van der Waals surface area contributed by atoms with Crippen LogP contribution in [0.1, 0.15) is 11.1 Å². The molecule has 8 heteroatoms. The fourth-order valence-electron chi connectivity index (χ4n) is 2.11. The fourth-order valence-corrected chi connectivity index (χ4v) is 2.11. The molecule has 0 radical (unpaired) electrons. The van der Waals surface area contributed by atoms with Crippen LogP contribution in [0.3, 0.4) is 0 Å². The van der Waals surface area contributed by atoms with E-state index in [1.165, 1.54) is 0 Å². The number of halogens is 3. The molecule has 2 aromatic carbocycles. The smallest absolute Gasteiger partial charge is 0.347 e. The van der Waals surface area contributed by atoms with E-state index in [0.717, 1.165) is 5.56 Å². The van der Waals surface area contributed by atoms with E-state index in [4.69, 9.17) is 0 Å². The zero-order chi connectivity index (χ0) is 19.0. The normalized spacial score (nSPS) is 10.9. The van der Waals surface area contributed by atoms with Crippen molar-refractivity contribution in [2.75, 3.05) is 11.9 Å². The van der Waals surface area contributed by atoms with Crippen molar-refractivity contribution in [1.29, 1.82) is 0 Å². The van der Waals surface area contributed by atoms with Gasteiger partial charge in [-0.3, -0.25) is 4.79 Å². The number of rotatable bonds is 6. The standard InChI is InChI=1S/C18H18F3N3O2/c19-18(20,21)12-23-16(25)10-13-6-8-15(9-7-13)24-17(26)22-11-14-4-2-1-3-5-14/h1-9H,10-12H2,(H,23,25)(H2,22,24,26). The molecular weight excluding hydrogens is 347 g/mol. The van der Waals surface area contributed by atoms with Gasteiger partial charge in [-0.25, -0.2) is 4.79 Å². The highest BCUT2D eigenvalue weighted by molar-refractivity contribution is 5.89. The van der Waals surface area contributed by atoms with Crippen LogP contribution in [0.2, 0.25) is 0 Å². The summed E-state index contributed by atoms with van der Waals surface area (Å²) in [4.78, 5) is 23.3. The van der Waals surface area contributed by atoms with Crippen molar-refractivity contribution in [3.63, 3.8) is 0 Å². The van der Waals surface area contributed by atoms with E-state index in [1.807, 2.05) is 30.3 Å². The molecular formula is C18H18F3N3O2. The molecule has 5 nitrogen and oxygen atoms in total. The minimum Gasteiger partial charge on any atom is -0.347 e. The number of benzene rings is 2. The third-order valence-electron chi connectivity index (χ3n) is 3.36. The predicted molar refractivity (Wildman–Crippen MR) is 91.5 cm³/mol. The van der Waals surface area contributed by atoms with Gasteiger partial charge in [0.1, 0.15) is 6.54 Å². The molecule has 0 unspecified atom stereocenters. The second-order valence-electron chi connectivity index (χ2n) is 5.56. The zero-order valence-corrected chi connectivity index (χ0v) is 13.8. The van der Waals surface area contributed by atoms with Gasteiger partial charge in [0.05, 0.1) is 6.42 Å². The molecule has 0 saturated carbocycles. The molecule has 0 atom stereocenters. The summed E-state index contributed by atoms with van der Waals surface area (Å²) in [7, 11) is 0. The van der Waals surface area contributed by atoms with Crippen molar-refractivity contribution in [1.82, 2.24) is 10.6 Å². The third-order valence-corrected chi connectivity index (χ3v) is 3.36. The van der Waals surface area contributed by atoms with Crippen LogP contribution >= 0.6 is 0 Å². The summed E-state index contributed by atoms with van der Waals surface area (Å²) in [6.07, 6.45) is -4.60. The Balaban J connectivity index is 1.77. The molecule has 0 aromatic heterocycles. The highest BCUT2D eigenvalue weighted by Crippen LogP contribution is 2.13. The largest absolute Gasteiger partial charge is 0.405 e. The minimum atomic E-state index is -4.43. The van der Waals surface area contributed by atoms with Crippen molar-refractivity contribution in [2.45, 2.75) is 19.1 Å². The molecule has 0 heterocycles. The van der Waals surface area contributed by atoms with Crippen LogP contribution in [0.15, 0.2) is 54.6 Å². The summed E-state index contributed by atoms with van der Waals surface area (Å²) >= 11 is 0. The van der Waals surface area contributed by atoms with Crippen LogP contribution in [0.4, 0.5) is 23.7 Å². The monoisotopic (exact) mass is 365 g/mol. The molecule has 0 fully saturated rings. The lowest BCUT2D eigenvalue weighted by molar-refractivity contribution is -0.138. The average Bonchev–Trinajstić information content (AvgIpc) is 2.60. The summed E-state index contributed by atoms with van der Waals surface area (Å²) in [5.41, 5.74) is 2.01. The lowest BCUT2D eigenvalue weighted by atomic mass is 10.1. The number of urea groups is 1.